The fraction of sp³-hybridized carbons (Fsp3) is 0.400. The van der Waals surface area contributed by atoms with Crippen LogP contribution in [0.3, 0.4) is 0 Å². The predicted octanol–water partition coefficient (Wildman–Crippen LogP) is 2.23. The zero-order valence-electron chi connectivity index (χ0n) is 12.1. The minimum absolute atomic E-state index is 0.120. The number of halogens is 1. The van der Waals surface area contributed by atoms with E-state index in [0.717, 1.165) is 5.56 Å². The molecular weight excluding hydrogens is 273 g/mol. The van der Waals surface area contributed by atoms with E-state index in [1.807, 2.05) is 13.8 Å². The smallest absolute Gasteiger partial charge is 0.224 e. The van der Waals surface area contributed by atoms with E-state index >= 15 is 0 Å². The van der Waals surface area contributed by atoms with Gasteiger partial charge in [0.1, 0.15) is 5.82 Å². The number of hydrogen-bond acceptors (Lipinski definition) is 4. The third kappa shape index (κ3) is 4.66. The van der Waals surface area contributed by atoms with Gasteiger partial charge in [-0.15, -0.1) is 10.2 Å². The van der Waals surface area contributed by atoms with Crippen LogP contribution in [0.15, 0.2) is 28.7 Å². The first-order chi connectivity index (χ1) is 10.0. The zero-order chi connectivity index (χ0) is 15.2. The molecule has 0 unspecified atom stereocenters. The molecule has 112 valence electrons. The Morgan fingerprint density at radius 3 is 2.62 bits per heavy atom. The van der Waals surface area contributed by atoms with E-state index in [0.29, 0.717) is 24.7 Å². The number of benzene rings is 1. The number of carbonyl (C=O) groups is 1. The largest absolute Gasteiger partial charge is 0.425 e. The molecule has 0 fully saturated rings. The van der Waals surface area contributed by atoms with E-state index in [4.69, 9.17) is 4.42 Å². The second kappa shape index (κ2) is 6.97. The van der Waals surface area contributed by atoms with Crippen LogP contribution in [-0.4, -0.2) is 22.6 Å². The normalized spacial score (nSPS) is 10.9. The number of aromatic nitrogens is 2. The lowest BCUT2D eigenvalue weighted by atomic mass is 10.1. The average Bonchev–Trinajstić information content (AvgIpc) is 2.90. The second-order valence-corrected chi connectivity index (χ2v) is 5.09. The molecule has 1 N–H and O–H groups in total. The summed E-state index contributed by atoms with van der Waals surface area (Å²) in [6.45, 7) is 4.38. The van der Waals surface area contributed by atoms with Gasteiger partial charge >= 0.3 is 0 Å². The number of nitrogens with one attached hydrogen (secondary N) is 1. The Morgan fingerprint density at radius 1 is 1.29 bits per heavy atom. The Kier molecular flexibility index (Phi) is 5.03. The highest BCUT2D eigenvalue weighted by atomic mass is 19.1. The van der Waals surface area contributed by atoms with Crippen LogP contribution < -0.4 is 5.32 Å². The summed E-state index contributed by atoms with van der Waals surface area (Å²) in [7, 11) is 0. The number of carbonyl (C=O) groups excluding carboxylic acids is 1. The van der Waals surface area contributed by atoms with Gasteiger partial charge in [0, 0.05) is 18.9 Å². The van der Waals surface area contributed by atoms with Gasteiger partial charge < -0.3 is 9.73 Å². The SMILES string of the molecule is CC(C)c1nnc(CCNC(=O)Cc2ccc(F)cc2)o1. The number of amides is 1. The van der Waals surface area contributed by atoms with Crippen LogP contribution in [0.2, 0.25) is 0 Å². The lowest BCUT2D eigenvalue weighted by molar-refractivity contribution is -0.120. The van der Waals surface area contributed by atoms with Crippen LogP contribution in [-0.2, 0) is 17.6 Å². The molecule has 0 spiro atoms. The molecule has 0 atom stereocenters. The van der Waals surface area contributed by atoms with Gasteiger partial charge in [0.05, 0.1) is 6.42 Å². The van der Waals surface area contributed by atoms with Crippen molar-refractivity contribution in [2.24, 2.45) is 0 Å². The van der Waals surface area contributed by atoms with E-state index in [9.17, 15) is 9.18 Å². The van der Waals surface area contributed by atoms with E-state index in [2.05, 4.69) is 15.5 Å². The van der Waals surface area contributed by atoms with Crippen LogP contribution in [0, 0.1) is 5.82 Å². The van der Waals surface area contributed by atoms with E-state index < -0.39 is 0 Å². The molecule has 0 aliphatic heterocycles. The molecule has 1 heterocycles. The summed E-state index contributed by atoms with van der Waals surface area (Å²) in [5.74, 6) is 0.879. The Morgan fingerprint density at radius 2 is 2.00 bits per heavy atom. The molecule has 2 rings (SSSR count). The van der Waals surface area contributed by atoms with Crippen molar-refractivity contribution in [1.82, 2.24) is 15.5 Å². The molecule has 0 radical (unpaired) electrons. The summed E-state index contributed by atoms with van der Waals surface area (Å²) < 4.78 is 18.2. The maximum atomic E-state index is 12.7. The molecule has 0 aliphatic carbocycles. The van der Waals surface area contributed by atoms with Crippen molar-refractivity contribution in [3.63, 3.8) is 0 Å². The maximum absolute atomic E-state index is 12.7. The molecule has 1 aromatic carbocycles. The summed E-state index contributed by atoms with van der Waals surface area (Å²) in [6, 6.07) is 5.88. The van der Waals surface area contributed by atoms with E-state index in [1.54, 1.807) is 12.1 Å². The molecule has 6 heteroatoms. The van der Waals surface area contributed by atoms with Crippen molar-refractivity contribution < 1.29 is 13.6 Å². The van der Waals surface area contributed by atoms with Gasteiger partial charge in [-0.25, -0.2) is 4.39 Å². The third-order valence-electron chi connectivity index (χ3n) is 2.92. The number of rotatable bonds is 6. The van der Waals surface area contributed by atoms with Crippen LogP contribution in [0.1, 0.15) is 37.1 Å². The van der Waals surface area contributed by atoms with Crippen LogP contribution in [0.4, 0.5) is 4.39 Å². The molecule has 1 aromatic heterocycles. The molecule has 0 bridgehead atoms. The first kappa shape index (κ1) is 15.2. The highest BCUT2D eigenvalue weighted by Crippen LogP contribution is 2.11. The van der Waals surface area contributed by atoms with E-state index in [-0.39, 0.29) is 24.1 Å². The van der Waals surface area contributed by atoms with Gasteiger partial charge in [-0.2, -0.15) is 0 Å². The van der Waals surface area contributed by atoms with Crippen LogP contribution in [0.5, 0.6) is 0 Å². The fourth-order valence-electron chi connectivity index (χ4n) is 1.76. The van der Waals surface area contributed by atoms with Crippen molar-refractivity contribution >= 4 is 5.91 Å². The molecule has 0 saturated carbocycles. The highest BCUT2D eigenvalue weighted by Gasteiger charge is 2.10. The lowest BCUT2D eigenvalue weighted by Gasteiger charge is -2.03. The van der Waals surface area contributed by atoms with Crippen molar-refractivity contribution in [3.05, 3.63) is 47.4 Å². The Bertz CT molecular complexity index is 593. The predicted molar refractivity (Wildman–Crippen MR) is 75.2 cm³/mol. The molecule has 5 nitrogen and oxygen atoms in total. The zero-order valence-corrected chi connectivity index (χ0v) is 12.1. The molecular formula is C15H18FN3O2. The summed E-state index contributed by atoms with van der Waals surface area (Å²) in [5, 5.41) is 10.6. The van der Waals surface area contributed by atoms with Gasteiger partial charge in [-0.1, -0.05) is 26.0 Å². The third-order valence-corrected chi connectivity index (χ3v) is 2.92. The Balaban J connectivity index is 1.74. The van der Waals surface area contributed by atoms with Gasteiger partial charge in [0.25, 0.3) is 0 Å². The van der Waals surface area contributed by atoms with Gasteiger partial charge in [-0.05, 0) is 17.7 Å². The number of nitrogens with zero attached hydrogens (tertiary/aromatic N) is 2. The van der Waals surface area contributed by atoms with Crippen LogP contribution >= 0.6 is 0 Å². The average molecular weight is 291 g/mol. The summed E-state index contributed by atoms with van der Waals surface area (Å²) >= 11 is 0. The Hall–Kier alpha value is -2.24. The van der Waals surface area contributed by atoms with Crippen molar-refractivity contribution in [2.45, 2.75) is 32.6 Å². The van der Waals surface area contributed by atoms with Crippen molar-refractivity contribution in [3.8, 4) is 0 Å². The summed E-state index contributed by atoms with van der Waals surface area (Å²) in [4.78, 5) is 11.7. The first-order valence-corrected chi connectivity index (χ1v) is 6.88. The summed E-state index contributed by atoms with van der Waals surface area (Å²) in [6.07, 6.45) is 0.718. The van der Waals surface area contributed by atoms with Crippen molar-refractivity contribution in [2.75, 3.05) is 6.54 Å². The van der Waals surface area contributed by atoms with Crippen molar-refractivity contribution in [1.29, 1.82) is 0 Å². The second-order valence-electron chi connectivity index (χ2n) is 5.09. The van der Waals surface area contributed by atoms with Gasteiger partial charge in [0.2, 0.25) is 17.7 Å². The lowest BCUT2D eigenvalue weighted by Crippen LogP contribution is -2.27. The topological polar surface area (TPSA) is 68.0 Å². The van der Waals surface area contributed by atoms with Gasteiger partial charge in [-0.3, -0.25) is 4.79 Å². The van der Waals surface area contributed by atoms with E-state index in [1.165, 1.54) is 12.1 Å². The van der Waals surface area contributed by atoms with Crippen LogP contribution in [0.25, 0.3) is 0 Å². The minimum Gasteiger partial charge on any atom is -0.425 e. The minimum atomic E-state index is -0.309. The molecule has 0 aliphatic rings. The molecule has 21 heavy (non-hydrogen) atoms. The first-order valence-electron chi connectivity index (χ1n) is 6.88. The maximum Gasteiger partial charge on any atom is 0.224 e. The molecule has 2 aromatic rings. The molecule has 1 amide bonds. The van der Waals surface area contributed by atoms with Gasteiger partial charge in [0.15, 0.2) is 0 Å². The quantitative estimate of drug-likeness (QED) is 0.886. The number of hydrogen-bond donors (Lipinski definition) is 1. The molecule has 0 saturated heterocycles. The Labute approximate surface area is 122 Å². The fourth-order valence-corrected chi connectivity index (χ4v) is 1.76. The standard InChI is InChI=1S/C15H18FN3O2/c1-10(2)15-19-18-14(21-15)7-8-17-13(20)9-11-3-5-12(16)6-4-11/h3-6,10H,7-9H2,1-2H3,(H,17,20). The highest BCUT2D eigenvalue weighted by molar-refractivity contribution is 5.78. The summed E-state index contributed by atoms with van der Waals surface area (Å²) in [5.41, 5.74) is 0.772. The monoisotopic (exact) mass is 291 g/mol.